The second kappa shape index (κ2) is 5.84. The zero-order valence-corrected chi connectivity index (χ0v) is 9.65. The molecular formula is C11H14ClNO3. The summed E-state index contributed by atoms with van der Waals surface area (Å²) in [6, 6.07) is 5.92. The minimum absolute atomic E-state index is 0.121. The van der Waals surface area contributed by atoms with Gasteiger partial charge in [-0.05, 0) is 24.6 Å². The van der Waals surface area contributed by atoms with E-state index in [0.29, 0.717) is 5.02 Å². The van der Waals surface area contributed by atoms with Gasteiger partial charge in [-0.15, -0.1) is 0 Å². The summed E-state index contributed by atoms with van der Waals surface area (Å²) in [5.74, 6) is -0.620. The number of carbonyl (C=O) groups is 1. The number of aliphatic hydroxyl groups is 1. The highest BCUT2D eigenvalue weighted by atomic mass is 35.5. The Morgan fingerprint density at radius 3 is 2.56 bits per heavy atom. The van der Waals surface area contributed by atoms with E-state index in [2.05, 4.69) is 0 Å². The van der Waals surface area contributed by atoms with E-state index in [1.807, 2.05) is 0 Å². The number of rotatable bonds is 4. The van der Waals surface area contributed by atoms with Crippen molar-refractivity contribution in [2.24, 2.45) is 5.73 Å². The first-order chi connectivity index (χ1) is 7.50. The Morgan fingerprint density at radius 2 is 2.06 bits per heavy atom. The molecule has 0 saturated carbocycles. The van der Waals surface area contributed by atoms with E-state index < -0.39 is 18.1 Å². The normalized spacial score (nSPS) is 14.2. The van der Waals surface area contributed by atoms with Crippen LogP contribution in [0.3, 0.4) is 0 Å². The number of carbonyl (C=O) groups excluding carboxylic acids is 1. The van der Waals surface area contributed by atoms with Crippen LogP contribution in [0.25, 0.3) is 0 Å². The van der Waals surface area contributed by atoms with Gasteiger partial charge in [0.15, 0.2) is 0 Å². The molecule has 16 heavy (non-hydrogen) atoms. The Hall–Kier alpha value is -1.10. The van der Waals surface area contributed by atoms with Crippen LogP contribution in [-0.2, 0) is 16.1 Å². The van der Waals surface area contributed by atoms with Crippen molar-refractivity contribution in [3.05, 3.63) is 34.9 Å². The molecule has 0 bridgehead atoms. The molecule has 0 fully saturated rings. The van der Waals surface area contributed by atoms with Crippen molar-refractivity contribution in [2.75, 3.05) is 0 Å². The van der Waals surface area contributed by atoms with Crippen LogP contribution in [0.4, 0.5) is 0 Å². The quantitative estimate of drug-likeness (QED) is 0.777. The van der Waals surface area contributed by atoms with E-state index in [0.717, 1.165) is 5.56 Å². The van der Waals surface area contributed by atoms with Crippen molar-refractivity contribution in [2.45, 2.75) is 25.7 Å². The summed E-state index contributed by atoms with van der Waals surface area (Å²) >= 11 is 5.71. The number of hydrogen-bond acceptors (Lipinski definition) is 4. The summed E-state index contributed by atoms with van der Waals surface area (Å²) in [5, 5.41) is 9.70. The van der Waals surface area contributed by atoms with Crippen LogP contribution in [0, 0.1) is 0 Å². The van der Waals surface area contributed by atoms with Gasteiger partial charge in [-0.25, -0.2) is 0 Å². The first-order valence-electron chi connectivity index (χ1n) is 4.85. The molecule has 0 amide bonds. The molecule has 0 aliphatic heterocycles. The second-order valence-electron chi connectivity index (χ2n) is 3.50. The smallest absolute Gasteiger partial charge is 0.325 e. The Kier molecular flexibility index (Phi) is 4.73. The molecule has 0 aliphatic carbocycles. The van der Waals surface area contributed by atoms with Gasteiger partial charge in [-0.1, -0.05) is 23.7 Å². The minimum Gasteiger partial charge on any atom is -0.460 e. The Bertz CT molecular complexity index is 351. The van der Waals surface area contributed by atoms with E-state index in [9.17, 15) is 4.79 Å². The molecule has 2 atom stereocenters. The van der Waals surface area contributed by atoms with Crippen LogP contribution < -0.4 is 5.73 Å². The van der Waals surface area contributed by atoms with Crippen molar-refractivity contribution < 1.29 is 14.6 Å². The topological polar surface area (TPSA) is 72.5 Å². The number of aliphatic hydroxyl groups excluding tert-OH is 1. The fraction of sp³-hybridized carbons (Fsp3) is 0.364. The molecule has 0 spiro atoms. The minimum atomic E-state index is -1.01. The second-order valence-corrected chi connectivity index (χ2v) is 3.94. The third-order valence-corrected chi connectivity index (χ3v) is 2.34. The number of esters is 1. The van der Waals surface area contributed by atoms with Gasteiger partial charge in [0.05, 0.1) is 6.10 Å². The zero-order valence-electron chi connectivity index (χ0n) is 8.89. The van der Waals surface area contributed by atoms with Crippen LogP contribution in [-0.4, -0.2) is 23.2 Å². The molecule has 1 rings (SSSR count). The highest BCUT2D eigenvalue weighted by molar-refractivity contribution is 6.30. The van der Waals surface area contributed by atoms with Crippen LogP contribution >= 0.6 is 11.6 Å². The lowest BCUT2D eigenvalue weighted by Crippen LogP contribution is -2.41. The summed E-state index contributed by atoms with van der Waals surface area (Å²) in [6.45, 7) is 1.56. The van der Waals surface area contributed by atoms with E-state index in [-0.39, 0.29) is 6.61 Å². The fourth-order valence-electron chi connectivity index (χ4n) is 1.03. The lowest BCUT2D eigenvalue weighted by molar-refractivity contribution is -0.149. The summed E-state index contributed by atoms with van der Waals surface area (Å²) in [4.78, 5) is 11.3. The molecule has 0 aliphatic rings. The molecule has 0 heterocycles. The maximum atomic E-state index is 11.3. The maximum absolute atomic E-state index is 11.3. The van der Waals surface area contributed by atoms with Gasteiger partial charge in [-0.3, -0.25) is 4.79 Å². The Balaban J connectivity index is 2.46. The van der Waals surface area contributed by atoms with Crippen molar-refractivity contribution in [1.29, 1.82) is 0 Å². The van der Waals surface area contributed by atoms with Crippen LogP contribution in [0.1, 0.15) is 12.5 Å². The maximum Gasteiger partial charge on any atom is 0.325 e. The number of benzene rings is 1. The summed E-state index contributed by atoms with van der Waals surface area (Å²) in [6.07, 6.45) is -0.919. The van der Waals surface area contributed by atoms with Gasteiger partial charge in [0.1, 0.15) is 12.6 Å². The SMILES string of the molecule is CC(O)C(N)C(=O)OCc1ccc(Cl)cc1. The van der Waals surface area contributed by atoms with Crippen molar-refractivity contribution in [1.82, 2.24) is 0 Å². The molecule has 4 nitrogen and oxygen atoms in total. The zero-order chi connectivity index (χ0) is 12.1. The molecule has 1 aromatic rings. The summed E-state index contributed by atoms with van der Waals surface area (Å²) in [5.41, 5.74) is 6.22. The monoisotopic (exact) mass is 243 g/mol. The number of hydrogen-bond donors (Lipinski definition) is 2. The predicted molar refractivity (Wildman–Crippen MR) is 60.9 cm³/mol. The summed E-state index contributed by atoms with van der Waals surface area (Å²) < 4.78 is 4.92. The average Bonchev–Trinajstić information content (AvgIpc) is 2.26. The molecule has 0 aromatic heterocycles. The molecule has 0 saturated heterocycles. The standard InChI is InChI=1S/C11H14ClNO3/c1-7(14)10(13)11(15)16-6-8-2-4-9(12)5-3-8/h2-5,7,10,14H,6,13H2,1H3. The van der Waals surface area contributed by atoms with Crippen LogP contribution in [0.5, 0.6) is 0 Å². The Labute approximate surface area is 99.0 Å². The predicted octanol–water partition coefficient (Wildman–Crippen LogP) is 1.09. The van der Waals surface area contributed by atoms with Gasteiger partial charge < -0.3 is 15.6 Å². The van der Waals surface area contributed by atoms with E-state index >= 15 is 0 Å². The third kappa shape index (κ3) is 3.81. The van der Waals surface area contributed by atoms with E-state index in [4.69, 9.17) is 27.2 Å². The number of halogens is 1. The van der Waals surface area contributed by atoms with Crippen LogP contribution in [0.2, 0.25) is 5.02 Å². The van der Waals surface area contributed by atoms with Gasteiger partial charge >= 0.3 is 5.97 Å². The Morgan fingerprint density at radius 1 is 1.50 bits per heavy atom. The molecular weight excluding hydrogens is 230 g/mol. The third-order valence-electron chi connectivity index (χ3n) is 2.09. The molecule has 3 N–H and O–H groups in total. The lowest BCUT2D eigenvalue weighted by atomic mass is 10.2. The van der Waals surface area contributed by atoms with Crippen molar-refractivity contribution in [3.8, 4) is 0 Å². The lowest BCUT2D eigenvalue weighted by Gasteiger charge is -2.13. The number of ether oxygens (including phenoxy) is 1. The van der Waals surface area contributed by atoms with Crippen molar-refractivity contribution >= 4 is 17.6 Å². The molecule has 88 valence electrons. The van der Waals surface area contributed by atoms with Gasteiger partial charge in [0.2, 0.25) is 0 Å². The number of nitrogens with two attached hydrogens (primary N) is 1. The highest BCUT2D eigenvalue weighted by Crippen LogP contribution is 2.10. The van der Waals surface area contributed by atoms with Gasteiger partial charge in [0.25, 0.3) is 0 Å². The van der Waals surface area contributed by atoms with Gasteiger partial charge in [0, 0.05) is 5.02 Å². The van der Waals surface area contributed by atoms with E-state index in [1.54, 1.807) is 24.3 Å². The van der Waals surface area contributed by atoms with Gasteiger partial charge in [-0.2, -0.15) is 0 Å². The first kappa shape index (κ1) is 13.0. The van der Waals surface area contributed by atoms with Crippen LogP contribution in [0.15, 0.2) is 24.3 Å². The highest BCUT2D eigenvalue weighted by Gasteiger charge is 2.20. The van der Waals surface area contributed by atoms with E-state index in [1.165, 1.54) is 6.92 Å². The fourth-order valence-corrected chi connectivity index (χ4v) is 1.15. The molecule has 2 unspecified atom stereocenters. The molecule has 5 heteroatoms. The van der Waals surface area contributed by atoms with Crippen molar-refractivity contribution in [3.63, 3.8) is 0 Å². The first-order valence-corrected chi connectivity index (χ1v) is 5.23. The molecule has 1 aromatic carbocycles. The summed E-state index contributed by atoms with van der Waals surface area (Å²) in [7, 11) is 0. The largest absolute Gasteiger partial charge is 0.460 e. The molecule has 0 radical (unpaired) electrons. The average molecular weight is 244 g/mol.